The van der Waals surface area contributed by atoms with E-state index in [1.807, 2.05) is 20.0 Å². The highest BCUT2D eigenvalue weighted by Crippen LogP contribution is 2.43. The highest BCUT2D eigenvalue weighted by molar-refractivity contribution is 5.31. The predicted octanol–water partition coefficient (Wildman–Crippen LogP) is 3.59. The van der Waals surface area contributed by atoms with E-state index >= 15 is 0 Å². The Labute approximate surface area is 125 Å². The average molecular weight is 293 g/mol. The molecule has 21 heavy (non-hydrogen) atoms. The van der Waals surface area contributed by atoms with Crippen molar-refractivity contribution >= 4 is 0 Å². The molecule has 1 aromatic rings. The van der Waals surface area contributed by atoms with Crippen molar-refractivity contribution in [1.82, 2.24) is 5.32 Å². The minimum Gasteiger partial charge on any atom is -0.487 e. The van der Waals surface area contributed by atoms with E-state index < -0.39 is 0 Å². The fourth-order valence-corrected chi connectivity index (χ4v) is 3.23. The summed E-state index contributed by atoms with van der Waals surface area (Å²) in [7, 11) is 1.87. The van der Waals surface area contributed by atoms with Crippen molar-refractivity contribution in [3.63, 3.8) is 0 Å². The van der Waals surface area contributed by atoms with E-state index in [1.54, 1.807) is 12.1 Å². The van der Waals surface area contributed by atoms with Crippen molar-refractivity contribution in [2.24, 2.45) is 0 Å². The van der Waals surface area contributed by atoms with Gasteiger partial charge in [-0.05, 0) is 50.9 Å². The molecular weight excluding hydrogens is 269 g/mol. The number of hydrogen-bond acceptors (Lipinski definition) is 3. The Bertz CT molecular complexity index is 502. The van der Waals surface area contributed by atoms with E-state index in [4.69, 9.17) is 9.47 Å². The second-order valence-corrected chi connectivity index (χ2v) is 6.32. The molecular formula is C17H24FNO2. The zero-order valence-electron chi connectivity index (χ0n) is 12.8. The molecule has 3 rings (SSSR count). The van der Waals surface area contributed by atoms with Crippen LogP contribution in [0, 0.1) is 5.82 Å². The summed E-state index contributed by atoms with van der Waals surface area (Å²) in [5, 5.41) is 3.11. The first-order chi connectivity index (χ1) is 10.1. The third-order valence-electron chi connectivity index (χ3n) is 4.90. The molecule has 4 heteroatoms. The van der Waals surface area contributed by atoms with E-state index in [0.717, 1.165) is 37.9 Å². The largest absolute Gasteiger partial charge is 0.487 e. The first kappa shape index (κ1) is 14.8. The van der Waals surface area contributed by atoms with Crippen LogP contribution in [0.2, 0.25) is 0 Å². The summed E-state index contributed by atoms with van der Waals surface area (Å²) >= 11 is 0. The van der Waals surface area contributed by atoms with Gasteiger partial charge in [-0.1, -0.05) is 6.07 Å². The van der Waals surface area contributed by atoms with Crippen molar-refractivity contribution < 1.29 is 13.9 Å². The topological polar surface area (TPSA) is 30.5 Å². The van der Waals surface area contributed by atoms with Gasteiger partial charge in [0.25, 0.3) is 0 Å². The van der Waals surface area contributed by atoms with Gasteiger partial charge >= 0.3 is 0 Å². The van der Waals surface area contributed by atoms with E-state index in [9.17, 15) is 4.39 Å². The van der Waals surface area contributed by atoms with E-state index in [2.05, 4.69) is 5.32 Å². The van der Waals surface area contributed by atoms with Crippen molar-refractivity contribution in [3.8, 4) is 5.75 Å². The van der Waals surface area contributed by atoms with Crippen LogP contribution in [0.25, 0.3) is 0 Å². The van der Waals surface area contributed by atoms with Crippen LogP contribution in [0.3, 0.4) is 0 Å². The number of halogens is 1. The summed E-state index contributed by atoms with van der Waals surface area (Å²) in [5.41, 5.74) is 0.963. The van der Waals surface area contributed by atoms with Crippen LogP contribution in [0.1, 0.15) is 50.6 Å². The smallest absolute Gasteiger partial charge is 0.165 e. The van der Waals surface area contributed by atoms with Crippen molar-refractivity contribution in [1.29, 1.82) is 0 Å². The normalized spacial score (nSPS) is 25.4. The fourth-order valence-electron chi connectivity index (χ4n) is 3.23. The lowest BCUT2D eigenvalue weighted by molar-refractivity contribution is -0.153. The molecule has 1 heterocycles. The minimum atomic E-state index is -0.274. The lowest BCUT2D eigenvalue weighted by Crippen LogP contribution is -2.48. The summed E-state index contributed by atoms with van der Waals surface area (Å²) in [5.74, 6) is 0.0900. The molecule has 0 bridgehead atoms. The van der Waals surface area contributed by atoms with E-state index in [0.29, 0.717) is 5.75 Å². The molecule has 2 unspecified atom stereocenters. The average Bonchev–Trinajstić information content (AvgIpc) is 2.47. The zero-order valence-corrected chi connectivity index (χ0v) is 12.8. The number of nitrogens with one attached hydrogen (secondary N) is 1. The second-order valence-electron chi connectivity index (χ2n) is 6.32. The molecule has 1 saturated carbocycles. The number of ether oxygens (including phenoxy) is 2. The maximum absolute atomic E-state index is 14.2. The fraction of sp³-hybridized carbons (Fsp3) is 0.647. The summed E-state index contributed by atoms with van der Waals surface area (Å²) in [6.07, 6.45) is 5.28. The monoisotopic (exact) mass is 293 g/mol. The van der Waals surface area contributed by atoms with E-state index in [-0.39, 0.29) is 23.6 Å². The van der Waals surface area contributed by atoms with Gasteiger partial charge in [-0.25, -0.2) is 4.39 Å². The Balaban J connectivity index is 1.67. The molecule has 0 aromatic heterocycles. The van der Waals surface area contributed by atoms with Crippen molar-refractivity contribution in [3.05, 3.63) is 29.6 Å². The summed E-state index contributed by atoms with van der Waals surface area (Å²) in [4.78, 5) is 0. The quantitative estimate of drug-likeness (QED) is 0.920. The Morgan fingerprint density at radius 2 is 2.24 bits per heavy atom. The number of benzene rings is 1. The lowest BCUT2D eigenvalue weighted by Gasteiger charge is -2.46. The van der Waals surface area contributed by atoms with Crippen molar-refractivity contribution in [2.75, 3.05) is 13.7 Å². The number of rotatable bonds is 4. The molecule has 2 aliphatic rings. The summed E-state index contributed by atoms with van der Waals surface area (Å²) in [6.45, 7) is 2.73. The first-order valence-electron chi connectivity index (χ1n) is 7.89. The van der Waals surface area contributed by atoms with Crippen LogP contribution in [0.4, 0.5) is 4.39 Å². The van der Waals surface area contributed by atoms with Gasteiger partial charge in [-0.2, -0.15) is 0 Å². The van der Waals surface area contributed by atoms with Crippen LogP contribution >= 0.6 is 0 Å². The lowest BCUT2D eigenvalue weighted by atomic mass is 9.74. The Kier molecular flexibility index (Phi) is 4.18. The first-order valence-corrected chi connectivity index (χ1v) is 7.89. The molecule has 1 spiro atoms. The van der Waals surface area contributed by atoms with E-state index in [1.165, 1.54) is 6.42 Å². The third-order valence-corrected chi connectivity index (χ3v) is 4.90. The van der Waals surface area contributed by atoms with Gasteiger partial charge < -0.3 is 14.8 Å². The standard InChI is InChI=1S/C17H24FNO2/c1-12(19-2)13-4-5-16(15(18)10-13)21-14-6-9-20-17(11-14)7-3-8-17/h4-5,10,12,14,19H,3,6-9,11H2,1-2H3. The van der Waals surface area contributed by atoms with Gasteiger partial charge in [0.1, 0.15) is 6.10 Å². The molecule has 0 amide bonds. The van der Waals surface area contributed by atoms with Crippen LogP contribution < -0.4 is 10.1 Å². The Morgan fingerprint density at radius 3 is 2.86 bits per heavy atom. The highest BCUT2D eigenvalue weighted by atomic mass is 19.1. The molecule has 1 aromatic carbocycles. The summed E-state index contributed by atoms with van der Waals surface area (Å²) in [6, 6.07) is 5.38. The van der Waals surface area contributed by atoms with Gasteiger partial charge in [-0.15, -0.1) is 0 Å². The van der Waals surface area contributed by atoms with Crippen LogP contribution in [0.15, 0.2) is 18.2 Å². The molecule has 3 nitrogen and oxygen atoms in total. The van der Waals surface area contributed by atoms with Gasteiger partial charge in [0.15, 0.2) is 11.6 Å². The summed E-state index contributed by atoms with van der Waals surface area (Å²) < 4.78 is 26.0. The molecule has 0 radical (unpaired) electrons. The minimum absolute atomic E-state index is 0.0278. The molecule has 116 valence electrons. The van der Waals surface area contributed by atoms with Crippen molar-refractivity contribution in [2.45, 2.75) is 56.8 Å². The van der Waals surface area contributed by atoms with Crippen LogP contribution in [-0.2, 0) is 4.74 Å². The third kappa shape index (κ3) is 3.06. The van der Waals surface area contributed by atoms with Gasteiger partial charge in [0.05, 0.1) is 12.2 Å². The second kappa shape index (κ2) is 5.93. The Hall–Kier alpha value is -1.13. The molecule has 2 fully saturated rings. The Morgan fingerprint density at radius 1 is 1.43 bits per heavy atom. The molecule has 1 N–H and O–H groups in total. The van der Waals surface area contributed by atoms with Crippen LogP contribution in [0.5, 0.6) is 5.75 Å². The van der Waals surface area contributed by atoms with Gasteiger partial charge in [0, 0.05) is 18.9 Å². The zero-order chi connectivity index (χ0) is 14.9. The maximum atomic E-state index is 14.2. The van der Waals surface area contributed by atoms with Crippen LogP contribution in [-0.4, -0.2) is 25.4 Å². The molecule has 2 atom stereocenters. The molecule has 1 aliphatic carbocycles. The molecule has 1 saturated heterocycles. The maximum Gasteiger partial charge on any atom is 0.165 e. The number of hydrogen-bond donors (Lipinski definition) is 1. The van der Waals surface area contributed by atoms with Gasteiger partial charge in [0.2, 0.25) is 0 Å². The molecule has 1 aliphatic heterocycles. The SMILES string of the molecule is CNC(C)c1ccc(OC2CCOC3(CCC3)C2)c(F)c1. The van der Waals surface area contributed by atoms with Gasteiger partial charge in [-0.3, -0.25) is 0 Å². The highest BCUT2D eigenvalue weighted by Gasteiger charge is 2.43. The predicted molar refractivity (Wildman–Crippen MR) is 80.1 cm³/mol.